The molecule has 0 aliphatic carbocycles. The first-order valence-corrected chi connectivity index (χ1v) is 18.8. The highest BCUT2D eigenvalue weighted by molar-refractivity contribution is 6.67. The van der Waals surface area contributed by atoms with Crippen molar-refractivity contribution in [2.75, 3.05) is 40.8 Å². The number of aliphatic hydroxyl groups is 1. The van der Waals surface area contributed by atoms with Gasteiger partial charge in [-0.3, -0.25) is 24.2 Å². The SMILES string of the molecule is COc1c(C)cc2c(c1OCc1ccccc1)[C@@H]1N(C(=O)OCC(Cl)(Cl)Cl)[C@H](C2)C(=O)N([C@@H](COC(C)=O)c2cc(OC(C)=O)c(C)c3c2OCO3)[C@]1(CO)OC. The number of piperazine rings is 1. The molecule has 6 rings (SSSR count). The molecular weight excluding hydrogens is 811 g/mol. The number of halogens is 3. The molecule has 1 saturated heterocycles. The van der Waals surface area contributed by atoms with Gasteiger partial charge in [0.2, 0.25) is 16.5 Å². The monoisotopic (exact) mass is 850 g/mol. The fraction of sp³-hybridized carbons (Fsp3) is 0.436. The van der Waals surface area contributed by atoms with Crippen molar-refractivity contribution in [3.8, 4) is 28.7 Å². The lowest BCUT2D eigenvalue weighted by Gasteiger charge is -2.60. The zero-order chi connectivity index (χ0) is 41.4. The maximum atomic E-state index is 15.3. The number of alkyl halides is 3. The van der Waals surface area contributed by atoms with Gasteiger partial charge >= 0.3 is 18.0 Å². The van der Waals surface area contributed by atoms with Gasteiger partial charge in [0.05, 0.1) is 19.8 Å². The molecule has 18 heteroatoms. The largest absolute Gasteiger partial charge is 0.493 e. The van der Waals surface area contributed by atoms with Crippen LogP contribution in [-0.4, -0.2) is 95.2 Å². The summed E-state index contributed by atoms with van der Waals surface area (Å²) < 4.78 is 45.1. The van der Waals surface area contributed by atoms with Gasteiger partial charge in [-0.2, -0.15) is 0 Å². The molecule has 3 aromatic rings. The summed E-state index contributed by atoms with van der Waals surface area (Å²) in [7, 11) is 2.71. The van der Waals surface area contributed by atoms with Crippen molar-refractivity contribution in [1.82, 2.24) is 9.80 Å². The number of aryl methyl sites for hydroxylation is 1. The van der Waals surface area contributed by atoms with Gasteiger partial charge in [0, 0.05) is 44.1 Å². The summed E-state index contributed by atoms with van der Waals surface area (Å²) >= 11 is 18.0. The molecule has 0 aromatic heterocycles. The van der Waals surface area contributed by atoms with Gasteiger partial charge in [-0.1, -0.05) is 71.2 Å². The van der Waals surface area contributed by atoms with E-state index in [2.05, 4.69) is 0 Å². The summed E-state index contributed by atoms with van der Waals surface area (Å²) in [6.45, 7) is 3.56. The predicted octanol–water partition coefficient (Wildman–Crippen LogP) is 5.80. The van der Waals surface area contributed by atoms with Crippen LogP contribution in [0.5, 0.6) is 28.7 Å². The number of carbonyl (C=O) groups is 4. The van der Waals surface area contributed by atoms with E-state index in [-0.39, 0.29) is 48.4 Å². The maximum absolute atomic E-state index is 15.3. The number of fused-ring (bicyclic) bond motifs is 5. The van der Waals surface area contributed by atoms with E-state index in [1.54, 1.807) is 6.92 Å². The third-order valence-electron chi connectivity index (χ3n) is 10.0. The van der Waals surface area contributed by atoms with Gasteiger partial charge in [0.25, 0.3) is 0 Å². The van der Waals surface area contributed by atoms with Crippen LogP contribution in [0.1, 0.15) is 59.3 Å². The highest BCUT2D eigenvalue weighted by atomic mass is 35.6. The number of esters is 2. The first kappa shape index (κ1) is 41.9. The molecule has 3 aliphatic rings. The topological polar surface area (TPSA) is 169 Å². The Bertz CT molecular complexity index is 2060. The molecule has 3 aromatic carbocycles. The highest BCUT2D eigenvalue weighted by Gasteiger charge is 2.65. The van der Waals surface area contributed by atoms with Gasteiger partial charge in [0.1, 0.15) is 37.7 Å². The number of aliphatic hydroxyl groups excluding tert-OH is 1. The zero-order valence-corrected chi connectivity index (χ0v) is 34.2. The second-order valence-corrected chi connectivity index (χ2v) is 16.1. The molecule has 1 fully saturated rings. The Hall–Kier alpha value is -4.67. The fourth-order valence-corrected chi connectivity index (χ4v) is 7.88. The number of ether oxygens (including phenoxy) is 8. The predicted molar refractivity (Wildman–Crippen MR) is 204 cm³/mol. The van der Waals surface area contributed by atoms with Gasteiger partial charge in [-0.25, -0.2) is 4.79 Å². The van der Waals surface area contributed by atoms with Gasteiger partial charge in [-0.05, 0) is 36.6 Å². The average molecular weight is 852 g/mol. The van der Waals surface area contributed by atoms with Crippen molar-refractivity contribution >= 4 is 58.7 Å². The number of hydrogen-bond acceptors (Lipinski definition) is 13. The first-order chi connectivity index (χ1) is 27.1. The molecule has 3 aliphatic heterocycles. The van der Waals surface area contributed by atoms with Gasteiger partial charge < -0.3 is 43.0 Å². The minimum absolute atomic E-state index is 0.0591. The molecule has 0 saturated carbocycles. The van der Waals surface area contributed by atoms with E-state index >= 15 is 4.79 Å². The second-order valence-electron chi connectivity index (χ2n) is 13.6. The van der Waals surface area contributed by atoms with Crippen LogP contribution in [0.25, 0.3) is 0 Å². The van der Waals surface area contributed by atoms with Gasteiger partial charge in [0.15, 0.2) is 28.7 Å². The van der Waals surface area contributed by atoms with E-state index in [4.69, 9.17) is 72.7 Å². The number of hydrogen-bond donors (Lipinski definition) is 1. The van der Waals surface area contributed by atoms with Crippen molar-refractivity contribution in [3.05, 3.63) is 75.8 Å². The maximum Gasteiger partial charge on any atom is 0.411 e. The van der Waals surface area contributed by atoms with Crippen LogP contribution < -0.4 is 23.7 Å². The number of nitrogens with zero attached hydrogens (tertiary/aromatic N) is 2. The molecule has 57 heavy (non-hydrogen) atoms. The van der Waals surface area contributed by atoms with Crippen LogP contribution in [-0.2, 0) is 41.6 Å². The zero-order valence-electron chi connectivity index (χ0n) is 31.9. The fourth-order valence-electron chi connectivity index (χ4n) is 7.71. The van der Waals surface area contributed by atoms with Crippen LogP contribution >= 0.6 is 34.8 Å². The molecule has 3 heterocycles. The molecule has 306 valence electrons. The van der Waals surface area contributed by atoms with Crippen molar-refractivity contribution in [2.45, 2.75) is 68.4 Å². The van der Waals surface area contributed by atoms with Crippen LogP contribution in [0.2, 0.25) is 0 Å². The summed E-state index contributed by atoms with van der Waals surface area (Å²) in [4.78, 5) is 56.7. The molecular formula is C39H41Cl3N2O13. The minimum atomic E-state index is -2.21. The van der Waals surface area contributed by atoms with Crippen molar-refractivity contribution in [3.63, 3.8) is 0 Å². The number of rotatable bonds is 12. The summed E-state index contributed by atoms with van der Waals surface area (Å²) in [6.07, 6.45) is -1.16. The third-order valence-corrected chi connectivity index (χ3v) is 10.4. The van der Waals surface area contributed by atoms with E-state index in [9.17, 15) is 19.5 Å². The normalized spacial score (nSPS) is 20.1. The number of benzene rings is 3. The van der Waals surface area contributed by atoms with Crippen LogP contribution in [0, 0.1) is 13.8 Å². The standard InChI is InChI=1S/C39H41Cl3N2O13/c1-20-12-25-13-27-36(48)44(28(16-52-22(3)46)26-14-29(57-23(4)47)21(2)32-33(26)56-19-55-32)38(17-45,51-6)35(43(27)37(49)54-18-39(40,41)42)30(25)34(31(20)50-5)53-15-24-10-8-7-9-11-24/h7-12,14,27-28,35,45H,13,15-19H2,1-6H3/t27-,28+,35+,38-/m1/s1. The Morgan fingerprint density at radius 3 is 2.32 bits per heavy atom. The molecule has 4 atom stereocenters. The van der Waals surface area contributed by atoms with Crippen LogP contribution in [0.15, 0.2) is 42.5 Å². The molecule has 2 bridgehead atoms. The average Bonchev–Trinajstić information content (AvgIpc) is 3.66. The molecule has 1 N–H and O–H groups in total. The lowest BCUT2D eigenvalue weighted by molar-refractivity contribution is -0.245. The highest BCUT2D eigenvalue weighted by Crippen LogP contribution is 2.57. The van der Waals surface area contributed by atoms with E-state index in [0.29, 0.717) is 28.0 Å². The quantitative estimate of drug-likeness (QED) is 0.132. The molecule has 0 spiro atoms. The third kappa shape index (κ3) is 7.95. The minimum Gasteiger partial charge on any atom is -0.493 e. The lowest BCUT2D eigenvalue weighted by Crippen LogP contribution is -2.75. The van der Waals surface area contributed by atoms with E-state index < -0.39 is 71.4 Å². The Balaban J connectivity index is 1.63. The Kier molecular flexibility index (Phi) is 12.3. The smallest absolute Gasteiger partial charge is 0.411 e. The van der Waals surface area contributed by atoms with E-state index in [1.165, 1.54) is 39.0 Å². The second kappa shape index (κ2) is 16.7. The van der Waals surface area contributed by atoms with Crippen LogP contribution in [0.4, 0.5) is 4.79 Å². The van der Waals surface area contributed by atoms with E-state index in [1.807, 2.05) is 43.3 Å². The summed E-state index contributed by atoms with van der Waals surface area (Å²) in [5.74, 6) is -1.13. The van der Waals surface area contributed by atoms with Crippen molar-refractivity contribution in [2.24, 2.45) is 0 Å². The van der Waals surface area contributed by atoms with Crippen molar-refractivity contribution < 1.29 is 62.2 Å². The Morgan fingerprint density at radius 2 is 1.70 bits per heavy atom. The number of carbonyl (C=O) groups excluding carboxylic acids is 4. The summed E-state index contributed by atoms with van der Waals surface area (Å²) in [6, 6.07) is 8.51. The van der Waals surface area contributed by atoms with Gasteiger partial charge in [-0.15, -0.1) is 0 Å². The summed E-state index contributed by atoms with van der Waals surface area (Å²) in [5.41, 5.74) is 0.778. The van der Waals surface area contributed by atoms with E-state index in [0.717, 1.165) is 10.5 Å². The molecule has 2 amide bonds. The molecule has 0 unspecified atom stereocenters. The van der Waals surface area contributed by atoms with Crippen molar-refractivity contribution in [1.29, 1.82) is 0 Å². The summed E-state index contributed by atoms with van der Waals surface area (Å²) in [5, 5.41) is 11.7. The lowest BCUT2D eigenvalue weighted by atomic mass is 9.76. The first-order valence-electron chi connectivity index (χ1n) is 17.7. The molecule has 15 nitrogen and oxygen atoms in total. The Labute approximate surface area is 343 Å². The molecule has 0 radical (unpaired) electrons. The number of methoxy groups -OCH3 is 2. The number of amides is 2. The van der Waals surface area contributed by atoms with Crippen LogP contribution in [0.3, 0.4) is 0 Å². The Morgan fingerprint density at radius 1 is 1.00 bits per heavy atom.